The van der Waals surface area contributed by atoms with Crippen molar-refractivity contribution in [3.05, 3.63) is 46.6 Å². The molecule has 0 aliphatic heterocycles. The molecule has 5 heteroatoms. The molecule has 1 fully saturated rings. The summed E-state index contributed by atoms with van der Waals surface area (Å²) in [4.78, 5) is 0. The van der Waals surface area contributed by atoms with E-state index >= 15 is 0 Å². The Balaban J connectivity index is 1.66. The molecule has 20 heavy (non-hydrogen) atoms. The maximum absolute atomic E-state index is 6.09. The summed E-state index contributed by atoms with van der Waals surface area (Å²) in [6.07, 6.45) is 2.53. The molecular formula is C15H16ClN3O. The van der Waals surface area contributed by atoms with Crippen LogP contribution in [-0.4, -0.2) is 16.2 Å². The number of hydrogen-bond acceptors (Lipinski definition) is 4. The van der Waals surface area contributed by atoms with E-state index in [2.05, 4.69) is 15.5 Å². The first-order valence-corrected chi connectivity index (χ1v) is 7.08. The van der Waals surface area contributed by atoms with Crippen LogP contribution in [0, 0.1) is 6.92 Å². The Bertz CT molecular complexity index is 597. The van der Waals surface area contributed by atoms with Crippen molar-refractivity contribution in [1.82, 2.24) is 15.5 Å². The van der Waals surface area contributed by atoms with Gasteiger partial charge in [-0.05, 0) is 43.5 Å². The van der Waals surface area contributed by atoms with Gasteiger partial charge < -0.3 is 10.1 Å². The highest BCUT2D eigenvalue weighted by atomic mass is 35.5. The van der Waals surface area contributed by atoms with Crippen LogP contribution in [0.1, 0.15) is 24.1 Å². The van der Waals surface area contributed by atoms with Crippen molar-refractivity contribution in [3.63, 3.8) is 0 Å². The maximum Gasteiger partial charge on any atom is 0.238 e. The second-order valence-corrected chi connectivity index (χ2v) is 5.46. The zero-order valence-corrected chi connectivity index (χ0v) is 12.0. The number of rotatable bonds is 5. The van der Waals surface area contributed by atoms with E-state index in [4.69, 9.17) is 16.3 Å². The van der Waals surface area contributed by atoms with Crippen LogP contribution in [0.25, 0.3) is 0 Å². The second-order valence-electron chi connectivity index (χ2n) is 5.05. The summed E-state index contributed by atoms with van der Waals surface area (Å²) in [5, 5.41) is 12.2. The van der Waals surface area contributed by atoms with Gasteiger partial charge >= 0.3 is 0 Å². The predicted octanol–water partition coefficient (Wildman–Crippen LogP) is 3.48. The van der Waals surface area contributed by atoms with Crippen LogP contribution in [0.15, 0.2) is 30.3 Å². The molecule has 0 bridgehead atoms. The van der Waals surface area contributed by atoms with Crippen LogP contribution in [0.4, 0.5) is 0 Å². The molecule has 0 amide bonds. The molecule has 4 nitrogen and oxygen atoms in total. The van der Waals surface area contributed by atoms with Gasteiger partial charge in [-0.15, -0.1) is 5.10 Å². The van der Waals surface area contributed by atoms with Gasteiger partial charge in [0.15, 0.2) is 0 Å². The summed E-state index contributed by atoms with van der Waals surface area (Å²) >= 11 is 6.09. The van der Waals surface area contributed by atoms with E-state index in [0.717, 1.165) is 17.8 Å². The molecular weight excluding hydrogens is 274 g/mol. The van der Waals surface area contributed by atoms with Crippen molar-refractivity contribution < 1.29 is 4.74 Å². The molecule has 1 N–H and O–H groups in total. The Hall–Kier alpha value is -1.65. The normalized spacial score (nSPS) is 14.3. The predicted molar refractivity (Wildman–Crippen MR) is 78.2 cm³/mol. The number of ether oxygens (including phenoxy) is 1. The van der Waals surface area contributed by atoms with E-state index in [0.29, 0.717) is 22.7 Å². The Morgan fingerprint density at radius 2 is 2.10 bits per heavy atom. The molecule has 0 atom stereocenters. The number of aryl methyl sites for hydroxylation is 1. The first kappa shape index (κ1) is 13.3. The molecule has 0 saturated heterocycles. The van der Waals surface area contributed by atoms with Crippen LogP contribution >= 0.6 is 11.6 Å². The fourth-order valence-electron chi connectivity index (χ4n) is 1.83. The second kappa shape index (κ2) is 5.77. The third-order valence-corrected chi connectivity index (χ3v) is 3.46. The van der Waals surface area contributed by atoms with Crippen LogP contribution in [0.3, 0.4) is 0 Å². The number of hydrogen-bond donors (Lipinski definition) is 1. The van der Waals surface area contributed by atoms with E-state index in [1.165, 1.54) is 12.8 Å². The molecule has 104 valence electrons. The summed E-state index contributed by atoms with van der Waals surface area (Å²) in [5.41, 5.74) is 2.00. The Labute approximate surface area is 123 Å². The lowest BCUT2D eigenvalue weighted by Crippen LogP contribution is -2.16. The summed E-state index contributed by atoms with van der Waals surface area (Å²) in [6, 6.07) is 10.0. The van der Waals surface area contributed by atoms with Crippen molar-refractivity contribution in [3.8, 4) is 11.6 Å². The van der Waals surface area contributed by atoms with E-state index in [1.807, 2.05) is 37.3 Å². The van der Waals surface area contributed by atoms with Gasteiger partial charge in [-0.25, -0.2) is 0 Å². The highest BCUT2D eigenvalue weighted by molar-refractivity contribution is 6.32. The third kappa shape index (κ3) is 3.46. The van der Waals surface area contributed by atoms with E-state index in [9.17, 15) is 0 Å². The molecule has 1 heterocycles. The standard InChI is InChI=1S/C15H16ClN3O/c1-10-2-6-13(16)14(8-10)20-15-7-5-12(18-19-15)9-17-11-3-4-11/h2,5-8,11,17H,3-4,9H2,1H3. The molecule has 1 aliphatic carbocycles. The third-order valence-electron chi connectivity index (χ3n) is 3.15. The summed E-state index contributed by atoms with van der Waals surface area (Å²) < 4.78 is 5.66. The van der Waals surface area contributed by atoms with Crippen molar-refractivity contribution in [2.45, 2.75) is 32.4 Å². The highest BCUT2D eigenvalue weighted by Crippen LogP contribution is 2.29. The summed E-state index contributed by atoms with van der Waals surface area (Å²) in [5.74, 6) is 1.05. The zero-order valence-electron chi connectivity index (χ0n) is 11.3. The van der Waals surface area contributed by atoms with Gasteiger partial charge in [0.25, 0.3) is 0 Å². The molecule has 2 aromatic rings. The average molecular weight is 290 g/mol. The number of benzene rings is 1. The number of halogens is 1. The van der Waals surface area contributed by atoms with Gasteiger partial charge in [0.2, 0.25) is 5.88 Å². The van der Waals surface area contributed by atoms with Crippen LogP contribution in [0.5, 0.6) is 11.6 Å². The van der Waals surface area contributed by atoms with E-state index in [1.54, 1.807) is 0 Å². The highest BCUT2D eigenvalue weighted by Gasteiger charge is 2.20. The minimum Gasteiger partial charge on any atom is -0.436 e. The van der Waals surface area contributed by atoms with Crippen LogP contribution in [-0.2, 0) is 6.54 Å². The van der Waals surface area contributed by atoms with Crippen LogP contribution in [0.2, 0.25) is 5.02 Å². The zero-order chi connectivity index (χ0) is 13.9. The van der Waals surface area contributed by atoms with Crippen molar-refractivity contribution in [2.24, 2.45) is 0 Å². The lowest BCUT2D eigenvalue weighted by Gasteiger charge is -2.07. The lowest BCUT2D eigenvalue weighted by atomic mass is 10.2. The van der Waals surface area contributed by atoms with Gasteiger partial charge in [0, 0.05) is 18.7 Å². The Morgan fingerprint density at radius 1 is 1.25 bits per heavy atom. The molecule has 1 aromatic heterocycles. The number of nitrogens with zero attached hydrogens (tertiary/aromatic N) is 2. The van der Waals surface area contributed by atoms with Gasteiger partial charge in [-0.2, -0.15) is 5.10 Å². The summed E-state index contributed by atoms with van der Waals surface area (Å²) in [7, 11) is 0. The van der Waals surface area contributed by atoms with Gasteiger partial charge in [-0.3, -0.25) is 0 Å². The summed E-state index contributed by atoms with van der Waals surface area (Å²) in [6.45, 7) is 2.74. The molecule has 0 unspecified atom stereocenters. The first-order valence-electron chi connectivity index (χ1n) is 6.71. The Kier molecular flexibility index (Phi) is 3.85. The van der Waals surface area contributed by atoms with Gasteiger partial charge in [-0.1, -0.05) is 17.7 Å². The molecule has 1 aromatic carbocycles. The molecule has 1 aliphatic rings. The first-order chi connectivity index (χ1) is 9.70. The molecule has 0 spiro atoms. The maximum atomic E-state index is 6.09. The van der Waals surface area contributed by atoms with E-state index in [-0.39, 0.29) is 0 Å². The topological polar surface area (TPSA) is 47.0 Å². The van der Waals surface area contributed by atoms with Crippen molar-refractivity contribution in [1.29, 1.82) is 0 Å². The van der Waals surface area contributed by atoms with Crippen molar-refractivity contribution in [2.75, 3.05) is 0 Å². The largest absolute Gasteiger partial charge is 0.436 e. The van der Waals surface area contributed by atoms with E-state index < -0.39 is 0 Å². The quantitative estimate of drug-likeness (QED) is 0.915. The number of nitrogens with one attached hydrogen (secondary N) is 1. The fraction of sp³-hybridized carbons (Fsp3) is 0.333. The molecule has 3 rings (SSSR count). The lowest BCUT2D eigenvalue weighted by molar-refractivity contribution is 0.453. The van der Waals surface area contributed by atoms with Gasteiger partial charge in [0.05, 0.1) is 10.7 Å². The minimum atomic E-state index is 0.452. The molecule has 1 saturated carbocycles. The van der Waals surface area contributed by atoms with Gasteiger partial charge in [0.1, 0.15) is 5.75 Å². The Morgan fingerprint density at radius 3 is 2.80 bits per heavy atom. The molecule has 0 radical (unpaired) electrons. The monoisotopic (exact) mass is 289 g/mol. The fourth-order valence-corrected chi connectivity index (χ4v) is 1.99. The smallest absolute Gasteiger partial charge is 0.238 e. The van der Waals surface area contributed by atoms with Crippen LogP contribution < -0.4 is 10.1 Å². The number of aromatic nitrogens is 2. The SMILES string of the molecule is Cc1ccc(Cl)c(Oc2ccc(CNC3CC3)nn2)c1. The minimum absolute atomic E-state index is 0.452. The average Bonchev–Trinajstić information content (AvgIpc) is 3.26. The van der Waals surface area contributed by atoms with Crippen molar-refractivity contribution >= 4 is 11.6 Å².